The number of ketones is 1. The third-order valence-electron chi connectivity index (χ3n) is 4.24. The highest BCUT2D eigenvalue weighted by molar-refractivity contribution is 5.98. The lowest BCUT2D eigenvalue weighted by Gasteiger charge is -2.20. The SMILES string of the molecule is CCOc1ccc(C(=O)COC(=O)[C@@H](NC(=O)OCc2ccccc2)C(C)C)cc1. The van der Waals surface area contributed by atoms with Crippen LogP contribution < -0.4 is 10.1 Å². The van der Waals surface area contributed by atoms with Gasteiger partial charge in [0.1, 0.15) is 18.4 Å². The van der Waals surface area contributed by atoms with Crippen molar-refractivity contribution in [1.29, 1.82) is 0 Å². The second kappa shape index (κ2) is 11.6. The number of hydrogen-bond acceptors (Lipinski definition) is 6. The smallest absolute Gasteiger partial charge is 0.408 e. The molecule has 2 aromatic rings. The Bertz CT molecular complexity index is 833. The molecule has 0 aromatic heterocycles. The zero-order valence-corrected chi connectivity index (χ0v) is 17.4. The number of Topliss-reactive ketones (excluding diaryl/α,β-unsaturated/α-hetero) is 1. The van der Waals surface area contributed by atoms with Crippen LogP contribution in [-0.2, 0) is 20.9 Å². The van der Waals surface area contributed by atoms with Gasteiger partial charge >= 0.3 is 12.1 Å². The standard InChI is InChI=1S/C23H27NO6/c1-4-28-19-12-10-18(11-13-19)20(25)15-29-22(26)21(16(2)3)24-23(27)30-14-17-8-6-5-7-9-17/h5-13,16,21H,4,14-15H2,1-3H3,(H,24,27)/t21-/m0/s1. The van der Waals surface area contributed by atoms with E-state index in [4.69, 9.17) is 14.2 Å². The fourth-order valence-electron chi connectivity index (χ4n) is 2.60. The number of hydrogen-bond donors (Lipinski definition) is 1. The van der Waals surface area contributed by atoms with Gasteiger partial charge in [-0.2, -0.15) is 0 Å². The predicted octanol–water partition coefficient (Wildman–Crippen LogP) is 3.76. The molecule has 0 spiro atoms. The molecule has 2 rings (SSSR count). The van der Waals surface area contributed by atoms with Crippen molar-refractivity contribution in [1.82, 2.24) is 5.32 Å². The van der Waals surface area contributed by atoms with E-state index in [1.54, 1.807) is 38.1 Å². The Morgan fingerprint density at radius 2 is 1.60 bits per heavy atom. The van der Waals surface area contributed by atoms with Crippen molar-refractivity contribution in [3.8, 4) is 5.75 Å². The van der Waals surface area contributed by atoms with E-state index in [1.165, 1.54) is 0 Å². The lowest BCUT2D eigenvalue weighted by atomic mass is 10.1. The molecular weight excluding hydrogens is 386 g/mol. The molecule has 0 aliphatic heterocycles. The number of carbonyl (C=O) groups excluding carboxylic acids is 3. The van der Waals surface area contributed by atoms with Crippen LogP contribution in [0.3, 0.4) is 0 Å². The molecule has 1 amide bonds. The molecule has 0 aliphatic carbocycles. The summed E-state index contributed by atoms with van der Waals surface area (Å²) >= 11 is 0. The van der Waals surface area contributed by atoms with Crippen molar-refractivity contribution in [3.05, 3.63) is 65.7 Å². The fraction of sp³-hybridized carbons (Fsp3) is 0.348. The van der Waals surface area contributed by atoms with Gasteiger partial charge in [-0.05, 0) is 42.7 Å². The number of amides is 1. The van der Waals surface area contributed by atoms with Gasteiger partial charge < -0.3 is 19.5 Å². The highest BCUT2D eigenvalue weighted by Crippen LogP contribution is 2.13. The normalized spacial score (nSPS) is 11.5. The van der Waals surface area contributed by atoms with Crippen molar-refractivity contribution < 1.29 is 28.6 Å². The summed E-state index contributed by atoms with van der Waals surface area (Å²) in [5, 5.41) is 2.51. The highest BCUT2D eigenvalue weighted by atomic mass is 16.6. The zero-order chi connectivity index (χ0) is 21.9. The second-order valence-electron chi connectivity index (χ2n) is 6.92. The van der Waals surface area contributed by atoms with Gasteiger partial charge in [0.15, 0.2) is 12.4 Å². The summed E-state index contributed by atoms with van der Waals surface area (Å²) in [6.07, 6.45) is -0.729. The summed E-state index contributed by atoms with van der Waals surface area (Å²) in [5.74, 6) is -0.631. The van der Waals surface area contributed by atoms with Crippen LogP contribution >= 0.6 is 0 Å². The number of benzene rings is 2. The first-order valence-electron chi connectivity index (χ1n) is 9.80. The first-order valence-corrected chi connectivity index (χ1v) is 9.80. The third-order valence-corrected chi connectivity index (χ3v) is 4.24. The predicted molar refractivity (Wildman–Crippen MR) is 111 cm³/mol. The Balaban J connectivity index is 1.85. The molecule has 0 aliphatic rings. The summed E-state index contributed by atoms with van der Waals surface area (Å²) in [6, 6.07) is 14.9. The van der Waals surface area contributed by atoms with Crippen LogP contribution in [0.2, 0.25) is 0 Å². The summed E-state index contributed by atoms with van der Waals surface area (Å²) in [7, 11) is 0. The monoisotopic (exact) mass is 413 g/mol. The van der Waals surface area contributed by atoms with Crippen LogP contribution in [-0.4, -0.2) is 37.1 Å². The Kier molecular flexibility index (Phi) is 8.87. The van der Waals surface area contributed by atoms with Crippen molar-refractivity contribution in [2.75, 3.05) is 13.2 Å². The van der Waals surface area contributed by atoms with Crippen molar-refractivity contribution in [2.45, 2.75) is 33.4 Å². The van der Waals surface area contributed by atoms with Crippen molar-refractivity contribution in [2.24, 2.45) is 5.92 Å². The van der Waals surface area contributed by atoms with E-state index in [2.05, 4.69) is 5.32 Å². The number of alkyl carbamates (subject to hydrolysis) is 1. The van der Waals surface area contributed by atoms with Gasteiger partial charge in [0.2, 0.25) is 0 Å². The number of carbonyl (C=O) groups is 3. The molecule has 160 valence electrons. The zero-order valence-electron chi connectivity index (χ0n) is 17.4. The number of rotatable bonds is 10. The molecule has 2 aromatic carbocycles. The maximum Gasteiger partial charge on any atom is 0.408 e. The van der Waals surface area contributed by atoms with Crippen LogP contribution in [0.25, 0.3) is 0 Å². The van der Waals surface area contributed by atoms with Crippen LogP contribution in [0.15, 0.2) is 54.6 Å². The number of ether oxygens (including phenoxy) is 3. The maximum absolute atomic E-state index is 12.4. The largest absolute Gasteiger partial charge is 0.494 e. The van der Waals surface area contributed by atoms with Crippen LogP contribution in [0.1, 0.15) is 36.7 Å². The maximum atomic E-state index is 12.4. The number of esters is 1. The lowest BCUT2D eigenvalue weighted by Crippen LogP contribution is -2.45. The summed E-state index contributed by atoms with van der Waals surface area (Å²) < 4.78 is 15.6. The average Bonchev–Trinajstić information content (AvgIpc) is 2.75. The molecule has 0 bridgehead atoms. The first kappa shape index (κ1) is 22.9. The molecule has 0 saturated heterocycles. The van der Waals surface area contributed by atoms with E-state index in [9.17, 15) is 14.4 Å². The third kappa shape index (κ3) is 7.24. The minimum absolute atomic E-state index is 0.0861. The number of nitrogens with one attached hydrogen (secondary N) is 1. The average molecular weight is 413 g/mol. The van der Waals surface area contributed by atoms with Crippen LogP contribution in [0.5, 0.6) is 5.75 Å². The van der Waals surface area contributed by atoms with E-state index in [0.29, 0.717) is 17.9 Å². The molecule has 1 atom stereocenters. The quantitative estimate of drug-likeness (QED) is 0.471. The Labute approximate surface area is 176 Å². The van der Waals surface area contributed by atoms with Gasteiger partial charge in [-0.3, -0.25) is 4.79 Å². The summed E-state index contributed by atoms with van der Waals surface area (Å²) in [6.45, 7) is 5.59. The van der Waals surface area contributed by atoms with Crippen LogP contribution in [0, 0.1) is 5.92 Å². The molecule has 0 radical (unpaired) electrons. The summed E-state index contributed by atoms with van der Waals surface area (Å²) in [5.41, 5.74) is 1.24. The van der Waals surface area contributed by atoms with E-state index in [1.807, 2.05) is 37.3 Å². The van der Waals surface area contributed by atoms with E-state index < -0.39 is 24.7 Å². The minimum Gasteiger partial charge on any atom is -0.494 e. The molecule has 7 heteroatoms. The molecule has 0 saturated carbocycles. The fourth-order valence-corrected chi connectivity index (χ4v) is 2.60. The highest BCUT2D eigenvalue weighted by Gasteiger charge is 2.27. The Morgan fingerprint density at radius 3 is 2.20 bits per heavy atom. The lowest BCUT2D eigenvalue weighted by molar-refractivity contribution is -0.146. The topological polar surface area (TPSA) is 90.9 Å². The Morgan fingerprint density at radius 1 is 0.933 bits per heavy atom. The van der Waals surface area contributed by atoms with Gasteiger partial charge in [0, 0.05) is 5.56 Å². The van der Waals surface area contributed by atoms with Crippen molar-refractivity contribution >= 4 is 17.8 Å². The molecule has 1 N–H and O–H groups in total. The molecule has 0 unspecified atom stereocenters. The van der Waals surface area contributed by atoms with Crippen molar-refractivity contribution in [3.63, 3.8) is 0 Å². The molecule has 30 heavy (non-hydrogen) atoms. The molecule has 7 nitrogen and oxygen atoms in total. The van der Waals surface area contributed by atoms with E-state index in [0.717, 1.165) is 5.56 Å². The first-order chi connectivity index (χ1) is 14.4. The molecular formula is C23H27NO6. The van der Waals surface area contributed by atoms with E-state index >= 15 is 0 Å². The second-order valence-corrected chi connectivity index (χ2v) is 6.92. The van der Waals surface area contributed by atoms with Gasteiger partial charge in [0.25, 0.3) is 0 Å². The van der Waals surface area contributed by atoms with Crippen LogP contribution in [0.4, 0.5) is 4.79 Å². The minimum atomic E-state index is -0.929. The Hall–Kier alpha value is -3.35. The van der Waals surface area contributed by atoms with E-state index in [-0.39, 0.29) is 18.3 Å². The van der Waals surface area contributed by atoms with Gasteiger partial charge in [-0.15, -0.1) is 0 Å². The van der Waals surface area contributed by atoms with Gasteiger partial charge in [-0.1, -0.05) is 44.2 Å². The molecule has 0 heterocycles. The molecule has 0 fully saturated rings. The van der Waals surface area contributed by atoms with Gasteiger partial charge in [0.05, 0.1) is 6.61 Å². The van der Waals surface area contributed by atoms with Gasteiger partial charge in [-0.25, -0.2) is 9.59 Å². The summed E-state index contributed by atoms with van der Waals surface area (Å²) in [4.78, 5) is 36.7.